The van der Waals surface area contributed by atoms with Crippen LogP contribution in [0.3, 0.4) is 0 Å². The maximum atomic E-state index is 11.4. The average molecular weight is 249 g/mol. The number of hydrogen-bond acceptors (Lipinski definition) is 5. The predicted octanol–water partition coefficient (Wildman–Crippen LogP) is 0.548. The van der Waals surface area contributed by atoms with Gasteiger partial charge in [0.2, 0.25) is 0 Å². The highest BCUT2D eigenvalue weighted by Crippen LogP contribution is 2.04. The number of ether oxygens (including phenoxy) is 1. The van der Waals surface area contributed by atoms with E-state index in [0.717, 1.165) is 0 Å². The molecule has 0 saturated carbocycles. The summed E-state index contributed by atoms with van der Waals surface area (Å²) in [4.78, 5) is 22.1. The van der Waals surface area contributed by atoms with Gasteiger partial charge in [-0.3, -0.25) is 9.59 Å². The molecule has 6 heteroatoms. The summed E-state index contributed by atoms with van der Waals surface area (Å²) in [6, 6.07) is -0.730. The van der Waals surface area contributed by atoms with Crippen LogP contribution < -0.4 is 5.32 Å². The molecule has 5 nitrogen and oxygen atoms in total. The van der Waals surface area contributed by atoms with E-state index in [1.54, 1.807) is 6.92 Å². The SMILES string of the molecule is CCOC(=O)C(CC)CN[C@@H](CS)C(=O)O. The average Bonchev–Trinajstić information content (AvgIpc) is 2.24. The number of esters is 1. The lowest BCUT2D eigenvalue weighted by Gasteiger charge is -2.17. The molecule has 0 aromatic rings. The fourth-order valence-electron chi connectivity index (χ4n) is 1.17. The van der Waals surface area contributed by atoms with Crippen LogP contribution in [0.5, 0.6) is 0 Å². The number of aliphatic carboxylic acids is 1. The van der Waals surface area contributed by atoms with E-state index >= 15 is 0 Å². The first-order chi connectivity index (χ1) is 7.56. The normalized spacial score (nSPS) is 14.2. The van der Waals surface area contributed by atoms with Gasteiger partial charge in [-0.2, -0.15) is 12.6 Å². The largest absolute Gasteiger partial charge is 0.480 e. The first-order valence-corrected chi connectivity index (χ1v) is 5.93. The molecule has 0 aliphatic rings. The molecular weight excluding hydrogens is 230 g/mol. The standard InChI is InChI=1S/C10H19NO4S/c1-3-7(10(14)15-4-2)5-11-8(6-16)9(12)13/h7-8,11,16H,3-6H2,1-2H3,(H,12,13)/t7?,8-/m0/s1. The molecule has 0 spiro atoms. The zero-order valence-corrected chi connectivity index (χ0v) is 10.5. The quantitative estimate of drug-likeness (QED) is 0.432. The summed E-state index contributed by atoms with van der Waals surface area (Å²) in [5.74, 6) is -1.37. The van der Waals surface area contributed by atoms with E-state index in [-0.39, 0.29) is 17.6 Å². The third-order valence-corrected chi connectivity index (χ3v) is 2.57. The molecule has 0 amide bonds. The van der Waals surface area contributed by atoms with Gasteiger partial charge in [-0.25, -0.2) is 0 Å². The molecule has 0 rings (SSSR count). The lowest BCUT2D eigenvalue weighted by atomic mass is 10.1. The van der Waals surface area contributed by atoms with Gasteiger partial charge in [-0.05, 0) is 13.3 Å². The highest BCUT2D eigenvalue weighted by atomic mass is 32.1. The Morgan fingerprint density at radius 1 is 1.44 bits per heavy atom. The third kappa shape index (κ3) is 5.37. The van der Waals surface area contributed by atoms with Crippen molar-refractivity contribution < 1.29 is 19.4 Å². The minimum atomic E-state index is -0.964. The summed E-state index contributed by atoms with van der Waals surface area (Å²) < 4.78 is 4.88. The minimum absolute atomic E-state index is 0.189. The highest BCUT2D eigenvalue weighted by Gasteiger charge is 2.21. The Hall–Kier alpha value is -0.750. The molecule has 2 N–H and O–H groups in total. The van der Waals surface area contributed by atoms with Crippen molar-refractivity contribution in [2.24, 2.45) is 5.92 Å². The maximum Gasteiger partial charge on any atom is 0.321 e. The van der Waals surface area contributed by atoms with Gasteiger partial charge in [0.1, 0.15) is 6.04 Å². The molecule has 0 aliphatic heterocycles. The van der Waals surface area contributed by atoms with Gasteiger partial charge < -0.3 is 15.2 Å². The van der Waals surface area contributed by atoms with Crippen LogP contribution in [0.1, 0.15) is 20.3 Å². The summed E-state index contributed by atoms with van der Waals surface area (Å²) in [6.45, 7) is 4.24. The van der Waals surface area contributed by atoms with Crippen molar-refractivity contribution in [2.45, 2.75) is 26.3 Å². The van der Waals surface area contributed by atoms with Gasteiger partial charge in [-0.15, -0.1) is 0 Å². The van der Waals surface area contributed by atoms with Crippen LogP contribution >= 0.6 is 12.6 Å². The summed E-state index contributed by atoms with van der Waals surface area (Å²) in [5, 5.41) is 11.6. The number of thiol groups is 1. The Kier molecular flexibility index (Phi) is 8.01. The molecule has 0 fully saturated rings. The maximum absolute atomic E-state index is 11.4. The van der Waals surface area contributed by atoms with Gasteiger partial charge in [0.25, 0.3) is 0 Å². The van der Waals surface area contributed by atoms with E-state index in [4.69, 9.17) is 9.84 Å². The van der Waals surface area contributed by atoms with Crippen LogP contribution in [0, 0.1) is 5.92 Å². The topological polar surface area (TPSA) is 75.6 Å². The van der Waals surface area contributed by atoms with E-state index in [1.165, 1.54) is 0 Å². The Bertz CT molecular complexity index is 235. The Labute approximate surface area is 101 Å². The number of carbonyl (C=O) groups is 2. The van der Waals surface area contributed by atoms with Gasteiger partial charge in [-0.1, -0.05) is 6.92 Å². The Balaban J connectivity index is 4.12. The van der Waals surface area contributed by atoms with Gasteiger partial charge in [0, 0.05) is 12.3 Å². The van der Waals surface area contributed by atoms with E-state index in [2.05, 4.69) is 17.9 Å². The van der Waals surface area contributed by atoms with Crippen molar-refractivity contribution >= 4 is 24.6 Å². The summed E-state index contributed by atoms with van der Waals surface area (Å²) >= 11 is 3.92. The molecule has 2 atom stereocenters. The molecule has 0 saturated heterocycles. The van der Waals surface area contributed by atoms with Crippen LogP contribution in [0.2, 0.25) is 0 Å². The molecule has 0 aliphatic carbocycles. The van der Waals surface area contributed by atoms with Crippen LogP contribution in [-0.2, 0) is 14.3 Å². The fourth-order valence-corrected chi connectivity index (χ4v) is 1.45. The monoisotopic (exact) mass is 249 g/mol. The fraction of sp³-hybridized carbons (Fsp3) is 0.800. The molecule has 16 heavy (non-hydrogen) atoms. The zero-order chi connectivity index (χ0) is 12.6. The van der Waals surface area contributed by atoms with Crippen molar-refractivity contribution in [3.05, 3.63) is 0 Å². The molecule has 0 aromatic heterocycles. The predicted molar refractivity (Wildman–Crippen MR) is 63.7 cm³/mol. The second kappa shape index (κ2) is 8.41. The summed E-state index contributed by atoms with van der Waals surface area (Å²) in [6.07, 6.45) is 0.616. The molecule has 0 bridgehead atoms. The van der Waals surface area contributed by atoms with Crippen molar-refractivity contribution in [1.29, 1.82) is 0 Å². The van der Waals surface area contributed by atoms with Crippen LogP contribution in [0.15, 0.2) is 0 Å². The van der Waals surface area contributed by atoms with Crippen LogP contribution in [-0.4, -0.2) is 42.0 Å². The molecular formula is C10H19NO4S. The van der Waals surface area contributed by atoms with Crippen LogP contribution in [0.25, 0.3) is 0 Å². The Morgan fingerprint density at radius 2 is 2.06 bits per heavy atom. The van der Waals surface area contributed by atoms with Gasteiger partial charge in [0.05, 0.1) is 12.5 Å². The second-order valence-electron chi connectivity index (χ2n) is 3.34. The number of carbonyl (C=O) groups excluding carboxylic acids is 1. The van der Waals surface area contributed by atoms with Crippen molar-refractivity contribution in [1.82, 2.24) is 5.32 Å². The van der Waals surface area contributed by atoms with Crippen molar-refractivity contribution in [3.8, 4) is 0 Å². The molecule has 94 valence electrons. The number of nitrogens with one attached hydrogen (secondary N) is 1. The number of rotatable bonds is 8. The first kappa shape index (κ1) is 15.2. The lowest BCUT2D eigenvalue weighted by Crippen LogP contribution is -2.42. The van der Waals surface area contributed by atoms with Crippen molar-refractivity contribution in [2.75, 3.05) is 18.9 Å². The van der Waals surface area contributed by atoms with E-state index in [9.17, 15) is 9.59 Å². The summed E-state index contributed by atoms with van der Waals surface area (Å²) in [5.41, 5.74) is 0. The molecule has 0 heterocycles. The van der Waals surface area contributed by atoms with E-state index in [1.807, 2.05) is 6.92 Å². The molecule has 0 radical (unpaired) electrons. The third-order valence-electron chi connectivity index (χ3n) is 2.20. The molecule has 0 aromatic carbocycles. The highest BCUT2D eigenvalue weighted by molar-refractivity contribution is 7.80. The first-order valence-electron chi connectivity index (χ1n) is 5.30. The van der Waals surface area contributed by atoms with E-state index in [0.29, 0.717) is 19.6 Å². The van der Waals surface area contributed by atoms with Gasteiger partial charge >= 0.3 is 11.9 Å². The zero-order valence-electron chi connectivity index (χ0n) is 9.60. The van der Waals surface area contributed by atoms with Crippen LogP contribution in [0.4, 0.5) is 0 Å². The minimum Gasteiger partial charge on any atom is -0.480 e. The molecule has 1 unspecified atom stereocenters. The van der Waals surface area contributed by atoms with E-state index < -0.39 is 12.0 Å². The summed E-state index contributed by atoms with van der Waals surface area (Å²) in [7, 11) is 0. The Morgan fingerprint density at radius 3 is 2.44 bits per heavy atom. The number of carboxylic acids is 1. The van der Waals surface area contributed by atoms with Gasteiger partial charge in [0.15, 0.2) is 0 Å². The lowest BCUT2D eigenvalue weighted by molar-refractivity contribution is -0.148. The number of hydrogen-bond donors (Lipinski definition) is 3. The van der Waals surface area contributed by atoms with Crippen molar-refractivity contribution in [3.63, 3.8) is 0 Å². The smallest absolute Gasteiger partial charge is 0.321 e. The second-order valence-corrected chi connectivity index (χ2v) is 3.70. The number of carboxylic acid groups (broad SMARTS) is 1.